The molecule has 1 aliphatic heterocycles. The molecule has 2 fully saturated rings. The molecule has 0 amide bonds. The van der Waals surface area contributed by atoms with E-state index >= 15 is 0 Å². The quantitative estimate of drug-likeness (QED) is 0.623. The van der Waals surface area contributed by atoms with Gasteiger partial charge in [0.2, 0.25) is 0 Å². The van der Waals surface area contributed by atoms with Gasteiger partial charge in [0, 0.05) is 24.4 Å². The molecule has 1 heterocycles. The van der Waals surface area contributed by atoms with Crippen molar-refractivity contribution in [3.63, 3.8) is 0 Å². The normalized spacial score (nSPS) is 34.4. The summed E-state index contributed by atoms with van der Waals surface area (Å²) in [5.41, 5.74) is 0.0804. The molecule has 3 nitrogen and oxygen atoms in total. The summed E-state index contributed by atoms with van der Waals surface area (Å²) in [6.45, 7) is 6.28. The Labute approximate surface area is 139 Å². The Kier molecular flexibility index (Phi) is 4.58. The van der Waals surface area contributed by atoms with Crippen LogP contribution < -0.4 is 0 Å². The van der Waals surface area contributed by atoms with E-state index in [4.69, 9.17) is 4.74 Å². The molecule has 23 heavy (non-hydrogen) atoms. The average molecular weight is 313 g/mol. The second-order valence-electron chi connectivity index (χ2n) is 7.09. The zero-order valence-corrected chi connectivity index (χ0v) is 14.2. The lowest BCUT2D eigenvalue weighted by molar-refractivity contribution is -0.107. The van der Waals surface area contributed by atoms with Crippen LogP contribution >= 0.6 is 0 Å². The number of hydrogen-bond acceptors (Lipinski definition) is 3. The van der Waals surface area contributed by atoms with Crippen molar-refractivity contribution in [3.8, 4) is 0 Å². The van der Waals surface area contributed by atoms with E-state index in [9.17, 15) is 4.79 Å². The molecule has 0 bridgehead atoms. The minimum atomic E-state index is -0.538. The molecule has 3 heteroatoms. The number of rotatable bonds is 3. The van der Waals surface area contributed by atoms with Crippen LogP contribution in [0.25, 0.3) is 0 Å². The minimum absolute atomic E-state index is 0.230. The van der Waals surface area contributed by atoms with Crippen LogP contribution in [0.1, 0.15) is 49.4 Å². The summed E-state index contributed by atoms with van der Waals surface area (Å²) in [6.07, 6.45) is 7.49. The van der Waals surface area contributed by atoms with Gasteiger partial charge < -0.3 is 9.64 Å². The van der Waals surface area contributed by atoms with Crippen LogP contribution in [0.3, 0.4) is 0 Å². The number of carbonyl (C=O) groups excluding carboxylic acids is 1. The average Bonchev–Trinajstić information content (AvgIpc) is 2.60. The lowest BCUT2D eigenvalue weighted by Gasteiger charge is -2.54. The molecular formula is C20H27NO2. The number of likely N-dealkylation sites (tertiary alicyclic amines) is 1. The monoisotopic (exact) mass is 313 g/mol. The molecule has 124 valence electrons. The number of nitrogens with zero attached hydrogens (tertiary/aromatic N) is 1. The van der Waals surface area contributed by atoms with Crippen molar-refractivity contribution in [2.24, 2.45) is 5.92 Å². The van der Waals surface area contributed by atoms with E-state index in [1.165, 1.54) is 19.3 Å². The SMILES string of the molecule is C=C[C@]1(OC(=O)c2ccccc2)C[C@@H](C)N(C)[C@H]2CCCC[C@@H]21. The van der Waals surface area contributed by atoms with Crippen LogP contribution in [0.2, 0.25) is 0 Å². The number of carbonyl (C=O) groups is 1. The van der Waals surface area contributed by atoms with Crippen LogP contribution in [-0.4, -0.2) is 35.6 Å². The number of hydrogen-bond donors (Lipinski definition) is 0. The Hall–Kier alpha value is -1.61. The van der Waals surface area contributed by atoms with Crippen molar-refractivity contribution >= 4 is 5.97 Å². The van der Waals surface area contributed by atoms with Crippen molar-refractivity contribution < 1.29 is 9.53 Å². The molecule has 4 atom stereocenters. The highest BCUT2D eigenvalue weighted by Gasteiger charge is 2.51. The highest BCUT2D eigenvalue weighted by Crippen LogP contribution is 2.46. The van der Waals surface area contributed by atoms with E-state index in [-0.39, 0.29) is 5.97 Å². The van der Waals surface area contributed by atoms with E-state index in [1.807, 2.05) is 36.4 Å². The van der Waals surface area contributed by atoms with Gasteiger partial charge in [0.1, 0.15) is 5.60 Å². The van der Waals surface area contributed by atoms with Crippen LogP contribution in [0.5, 0.6) is 0 Å². The Morgan fingerprint density at radius 3 is 2.70 bits per heavy atom. The first-order valence-corrected chi connectivity index (χ1v) is 8.71. The first-order chi connectivity index (χ1) is 11.1. The molecule has 1 aromatic carbocycles. The summed E-state index contributed by atoms with van der Waals surface area (Å²) in [4.78, 5) is 15.1. The molecule has 0 radical (unpaired) electrons. The molecule has 0 aromatic heterocycles. The van der Waals surface area contributed by atoms with Gasteiger partial charge in [-0.05, 0) is 45.0 Å². The van der Waals surface area contributed by atoms with Gasteiger partial charge in [-0.1, -0.05) is 37.6 Å². The molecule has 1 saturated heterocycles. The van der Waals surface area contributed by atoms with Crippen molar-refractivity contribution in [3.05, 3.63) is 48.6 Å². The maximum atomic E-state index is 12.7. The first kappa shape index (κ1) is 16.3. The van der Waals surface area contributed by atoms with Crippen molar-refractivity contribution in [2.45, 2.75) is 56.7 Å². The third-order valence-corrected chi connectivity index (χ3v) is 5.83. The Bertz CT molecular complexity index is 570. The van der Waals surface area contributed by atoms with Gasteiger partial charge >= 0.3 is 5.97 Å². The van der Waals surface area contributed by atoms with Crippen molar-refractivity contribution in [1.82, 2.24) is 4.90 Å². The predicted octanol–water partition coefficient (Wildman–Crippen LogP) is 4.05. The number of ether oxygens (including phenoxy) is 1. The number of piperidine rings is 1. The van der Waals surface area contributed by atoms with Gasteiger partial charge in [0.15, 0.2) is 0 Å². The molecule has 0 spiro atoms. The molecule has 1 aromatic rings. The lowest BCUT2D eigenvalue weighted by Crippen LogP contribution is -2.61. The smallest absolute Gasteiger partial charge is 0.339 e. The van der Waals surface area contributed by atoms with Crippen molar-refractivity contribution in [2.75, 3.05) is 7.05 Å². The van der Waals surface area contributed by atoms with E-state index in [2.05, 4.69) is 25.5 Å². The minimum Gasteiger partial charge on any atom is -0.451 e. The highest BCUT2D eigenvalue weighted by atomic mass is 16.6. The maximum Gasteiger partial charge on any atom is 0.339 e. The van der Waals surface area contributed by atoms with Crippen molar-refractivity contribution in [1.29, 1.82) is 0 Å². The fourth-order valence-corrected chi connectivity index (χ4v) is 4.45. The van der Waals surface area contributed by atoms with Crippen LogP contribution in [-0.2, 0) is 4.74 Å². The molecule has 1 aliphatic carbocycles. The van der Waals surface area contributed by atoms with Gasteiger partial charge in [0.05, 0.1) is 5.56 Å². The van der Waals surface area contributed by atoms with E-state index < -0.39 is 5.60 Å². The molecular weight excluding hydrogens is 286 g/mol. The maximum absolute atomic E-state index is 12.7. The molecule has 0 N–H and O–H groups in total. The van der Waals surface area contributed by atoms with Gasteiger partial charge in [-0.25, -0.2) is 4.79 Å². The zero-order chi connectivity index (χ0) is 16.4. The zero-order valence-electron chi connectivity index (χ0n) is 14.2. The topological polar surface area (TPSA) is 29.5 Å². The number of benzene rings is 1. The van der Waals surface area contributed by atoms with Gasteiger partial charge in [-0.15, -0.1) is 0 Å². The summed E-state index contributed by atoms with van der Waals surface area (Å²) in [6, 6.07) is 10.2. The van der Waals surface area contributed by atoms with E-state index in [0.29, 0.717) is 23.6 Å². The summed E-state index contributed by atoms with van der Waals surface area (Å²) in [7, 11) is 2.21. The lowest BCUT2D eigenvalue weighted by atomic mass is 9.67. The molecule has 3 rings (SSSR count). The second-order valence-corrected chi connectivity index (χ2v) is 7.09. The molecule has 2 aliphatic rings. The van der Waals surface area contributed by atoms with Crippen LogP contribution in [0, 0.1) is 5.92 Å². The van der Waals surface area contributed by atoms with Gasteiger partial charge in [-0.2, -0.15) is 0 Å². The Morgan fingerprint density at radius 1 is 1.30 bits per heavy atom. The highest BCUT2D eigenvalue weighted by molar-refractivity contribution is 5.89. The Balaban J connectivity index is 1.89. The number of fused-ring (bicyclic) bond motifs is 1. The third-order valence-electron chi connectivity index (χ3n) is 5.83. The molecule has 1 saturated carbocycles. The summed E-state index contributed by atoms with van der Waals surface area (Å²) < 4.78 is 6.12. The van der Waals surface area contributed by atoms with Crippen LogP contribution in [0.15, 0.2) is 43.0 Å². The summed E-state index contributed by atoms with van der Waals surface area (Å²) >= 11 is 0. The van der Waals surface area contributed by atoms with E-state index in [0.717, 1.165) is 12.8 Å². The summed E-state index contributed by atoms with van der Waals surface area (Å²) in [5.74, 6) is 0.120. The Morgan fingerprint density at radius 2 is 2.00 bits per heavy atom. The molecule has 0 unspecified atom stereocenters. The summed E-state index contributed by atoms with van der Waals surface area (Å²) in [5, 5.41) is 0. The van der Waals surface area contributed by atoms with E-state index in [1.54, 1.807) is 0 Å². The fraction of sp³-hybridized carbons (Fsp3) is 0.550. The first-order valence-electron chi connectivity index (χ1n) is 8.71. The predicted molar refractivity (Wildman–Crippen MR) is 92.4 cm³/mol. The van der Waals surface area contributed by atoms with Gasteiger partial charge in [-0.3, -0.25) is 0 Å². The third kappa shape index (κ3) is 2.94. The standard InChI is InChI=1S/C20H27NO2/c1-4-20(23-19(22)16-10-6-5-7-11-16)14-15(2)21(3)18-13-9-8-12-17(18)20/h4-7,10-11,15,17-18H,1,8-9,12-14H2,2-3H3/t15-,17+,18+,20+/m1/s1. The second kappa shape index (κ2) is 6.48. The fourth-order valence-electron chi connectivity index (χ4n) is 4.45. The van der Waals surface area contributed by atoms with Gasteiger partial charge in [0.25, 0.3) is 0 Å². The number of esters is 1. The van der Waals surface area contributed by atoms with Crippen LogP contribution in [0.4, 0.5) is 0 Å². The largest absolute Gasteiger partial charge is 0.451 e.